The smallest absolute Gasteiger partial charge is 0.225 e. The Morgan fingerprint density at radius 2 is 1.62 bits per heavy atom. The lowest BCUT2D eigenvalue weighted by molar-refractivity contribution is -0.368. The molecule has 2 heterocycles. The average Bonchev–Trinajstić information content (AvgIpc) is 3.23. The molecule has 3 aromatic carbocycles. The first-order valence-electron chi connectivity index (χ1n) is 11.7. The first-order chi connectivity index (χ1) is 16.5. The van der Waals surface area contributed by atoms with Crippen LogP contribution < -0.4 is 0 Å². The van der Waals surface area contributed by atoms with E-state index in [4.69, 9.17) is 9.47 Å². The summed E-state index contributed by atoms with van der Waals surface area (Å²) in [5, 5.41) is 41.4. The van der Waals surface area contributed by atoms with Crippen molar-refractivity contribution < 1.29 is 29.9 Å². The van der Waals surface area contributed by atoms with E-state index in [1.54, 1.807) is 0 Å². The molecule has 0 unspecified atom stereocenters. The van der Waals surface area contributed by atoms with E-state index in [9.17, 15) is 20.4 Å². The number of fused-ring (bicyclic) bond motifs is 2. The van der Waals surface area contributed by atoms with Gasteiger partial charge in [0.2, 0.25) is 5.79 Å². The molecule has 5 rings (SSSR count). The second-order valence-electron chi connectivity index (χ2n) is 9.10. The number of aryl methyl sites for hydroxylation is 1. The van der Waals surface area contributed by atoms with E-state index in [1.807, 2.05) is 24.3 Å². The fourth-order valence-electron chi connectivity index (χ4n) is 5.02. The predicted octanol–water partition coefficient (Wildman–Crippen LogP) is 2.66. The molecule has 34 heavy (non-hydrogen) atoms. The van der Waals surface area contributed by atoms with Gasteiger partial charge < -0.3 is 29.9 Å². The van der Waals surface area contributed by atoms with Gasteiger partial charge in [0.25, 0.3) is 0 Å². The molecule has 0 aromatic heterocycles. The van der Waals surface area contributed by atoms with Gasteiger partial charge in [-0.25, -0.2) is 0 Å². The zero-order chi connectivity index (χ0) is 23.9. The molecule has 1 fully saturated rings. The maximum atomic E-state index is 10.9. The number of benzene rings is 3. The average molecular weight is 463 g/mol. The van der Waals surface area contributed by atoms with Crippen molar-refractivity contribution >= 4 is 0 Å². The van der Waals surface area contributed by atoms with Gasteiger partial charge in [-0.2, -0.15) is 0 Å². The normalized spacial score (nSPS) is 28.3. The minimum Gasteiger partial charge on any atom is -0.394 e. The van der Waals surface area contributed by atoms with Crippen molar-refractivity contribution in [2.75, 3.05) is 6.61 Å². The standard InChI is InChI=1S/C28H30O6/c1-2-17-8-10-18(11-9-17)12-20-14-23-21(13-22(20)19-6-4-3-5-7-19)16-33-28(23)27(32)26(31)25(30)24(15-29)34-28/h3-11,13-14,24-27,29-32H,2,12,15-16H2,1H3/t24-,25-,26+,27-,28+/m1/s1. The zero-order valence-corrected chi connectivity index (χ0v) is 19.1. The number of aliphatic hydroxyl groups is 4. The molecule has 6 nitrogen and oxygen atoms in total. The van der Waals surface area contributed by atoms with E-state index in [2.05, 4.69) is 49.4 Å². The van der Waals surface area contributed by atoms with Crippen LogP contribution in [0.25, 0.3) is 11.1 Å². The number of ether oxygens (including phenoxy) is 2. The van der Waals surface area contributed by atoms with E-state index < -0.39 is 36.8 Å². The summed E-state index contributed by atoms with van der Waals surface area (Å²) in [7, 11) is 0. The molecule has 0 bridgehead atoms. The Hall–Kier alpha value is -2.58. The molecular weight excluding hydrogens is 432 g/mol. The maximum absolute atomic E-state index is 10.9. The molecule has 0 aliphatic carbocycles. The van der Waals surface area contributed by atoms with Crippen molar-refractivity contribution in [2.24, 2.45) is 0 Å². The SMILES string of the molecule is CCc1ccc(Cc2cc3c(cc2-c2ccccc2)CO[C@]32O[C@H](CO)[C@@H](O)[C@H](O)[C@H]2O)cc1. The lowest BCUT2D eigenvalue weighted by Gasteiger charge is -2.46. The second-order valence-corrected chi connectivity index (χ2v) is 9.10. The molecule has 0 radical (unpaired) electrons. The minimum atomic E-state index is -1.66. The van der Waals surface area contributed by atoms with Crippen LogP contribution in [0.3, 0.4) is 0 Å². The molecule has 3 aromatic rings. The van der Waals surface area contributed by atoms with Crippen LogP contribution in [0.1, 0.15) is 34.7 Å². The third-order valence-corrected chi connectivity index (χ3v) is 7.01. The zero-order valence-electron chi connectivity index (χ0n) is 19.1. The Morgan fingerprint density at radius 3 is 2.29 bits per heavy atom. The fraction of sp³-hybridized carbons (Fsp3) is 0.357. The van der Waals surface area contributed by atoms with Crippen LogP contribution in [-0.4, -0.2) is 51.4 Å². The molecule has 4 N–H and O–H groups in total. The largest absolute Gasteiger partial charge is 0.394 e. The lowest BCUT2D eigenvalue weighted by atomic mass is 9.84. The van der Waals surface area contributed by atoms with Crippen LogP contribution in [0, 0.1) is 0 Å². The Kier molecular flexibility index (Phi) is 6.29. The summed E-state index contributed by atoms with van der Waals surface area (Å²) in [5.74, 6) is -1.66. The topological polar surface area (TPSA) is 99.4 Å². The van der Waals surface area contributed by atoms with Crippen molar-refractivity contribution in [3.63, 3.8) is 0 Å². The molecule has 178 valence electrons. The van der Waals surface area contributed by atoms with E-state index in [0.717, 1.165) is 34.2 Å². The molecule has 6 heteroatoms. The Morgan fingerprint density at radius 1 is 0.912 bits per heavy atom. The molecule has 1 saturated heterocycles. The number of hydrogen-bond acceptors (Lipinski definition) is 6. The van der Waals surface area contributed by atoms with Crippen LogP contribution in [0.2, 0.25) is 0 Å². The van der Waals surface area contributed by atoms with Crippen LogP contribution in [0.15, 0.2) is 66.7 Å². The van der Waals surface area contributed by atoms with E-state index in [1.165, 1.54) is 5.56 Å². The Bertz CT molecular complexity index is 1140. The van der Waals surface area contributed by atoms with Gasteiger partial charge in [-0.3, -0.25) is 0 Å². The van der Waals surface area contributed by atoms with Crippen LogP contribution >= 0.6 is 0 Å². The van der Waals surface area contributed by atoms with Crippen molar-refractivity contribution in [2.45, 2.75) is 56.6 Å². The van der Waals surface area contributed by atoms with Gasteiger partial charge in [0, 0.05) is 5.56 Å². The van der Waals surface area contributed by atoms with E-state index in [-0.39, 0.29) is 6.61 Å². The monoisotopic (exact) mass is 462 g/mol. The summed E-state index contributed by atoms with van der Waals surface area (Å²) in [6, 6.07) is 22.6. The quantitative estimate of drug-likeness (QED) is 0.465. The number of hydrogen-bond donors (Lipinski definition) is 4. The van der Waals surface area contributed by atoms with Gasteiger partial charge in [-0.05, 0) is 58.4 Å². The van der Waals surface area contributed by atoms with Gasteiger partial charge in [0.1, 0.15) is 24.4 Å². The highest BCUT2D eigenvalue weighted by atomic mass is 16.7. The molecule has 2 aliphatic heterocycles. The highest BCUT2D eigenvalue weighted by Crippen LogP contribution is 2.47. The van der Waals surface area contributed by atoms with Gasteiger partial charge in [0.15, 0.2) is 0 Å². The van der Waals surface area contributed by atoms with Gasteiger partial charge >= 0.3 is 0 Å². The van der Waals surface area contributed by atoms with Crippen molar-refractivity contribution in [3.05, 3.63) is 94.5 Å². The first kappa shape index (κ1) is 23.2. The highest BCUT2D eigenvalue weighted by Gasteiger charge is 2.58. The van der Waals surface area contributed by atoms with E-state index in [0.29, 0.717) is 12.0 Å². The third-order valence-electron chi connectivity index (χ3n) is 7.01. The summed E-state index contributed by atoms with van der Waals surface area (Å²) in [6.45, 7) is 1.80. The maximum Gasteiger partial charge on any atom is 0.225 e. The Labute approximate surface area is 199 Å². The van der Waals surface area contributed by atoms with Gasteiger partial charge in [-0.1, -0.05) is 61.5 Å². The van der Waals surface area contributed by atoms with Crippen molar-refractivity contribution in [1.82, 2.24) is 0 Å². The van der Waals surface area contributed by atoms with E-state index >= 15 is 0 Å². The first-order valence-corrected chi connectivity index (χ1v) is 11.7. The summed E-state index contributed by atoms with van der Waals surface area (Å²) < 4.78 is 11.9. The van der Waals surface area contributed by atoms with Crippen molar-refractivity contribution in [1.29, 1.82) is 0 Å². The number of rotatable bonds is 5. The van der Waals surface area contributed by atoms with Crippen LogP contribution in [-0.2, 0) is 34.7 Å². The van der Waals surface area contributed by atoms with Gasteiger partial charge in [0.05, 0.1) is 13.2 Å². The van der Waals surface area contributed by atoms with Gasteiger partial charge in [-0.15, -0.1) is 0 Å². The summed E-state index contributed by atoms with van der Waals surface area (Å²) in [6.07, 6.45) is -3.89. The Balaban J connectivity index is 1.62. The molecule has 2 aliphatic rings. The molecule has 1 spiro atoms. The van der Waals surface area contributed by atoms with Crippen molar-refractivity contribution in [3.8, 4) is 11.1 Å². The third kappa shape index (κ3) is 3.86. The summed E-state index contributed by atoms with van der Waals surface area (Å²) in [5.41, 5.74) is 7.03. The molecule has 5 atom stereocenters. The minimum absolute atomic E-state index is 0.179. The summed E-state index contributed by atoms with van der Waals surface area (Å²) in [4.78, 5) is 0. The van der Waals surface area contributed by atoms with Crippen LogP contribution in [0.5, 0.6) is 0 Å². The second kappa shape index (κ2) is 9.23. The van der Waals surface area contributed by atoms with Crippen LogP contribution in [0.4, 0.5) is 0 Å². The fourth-order valence-corrected chi connectivity index (χ4v) is 5.02. The number of aliphatic hydroxyl groups excluding tert-OH is 4. The molecular formula is C28H30O6. The molecule has 0 saturated carbocycles. The highest BCUT2D eigenvalue weighted by molar-refractivity contribution is 5.70. The molecule has 0 amide bonds. The summed E-state index contributed by atoms with van der Waals surface area (Å²) >= 11 is 0. The predicted molar refractivity (Wildman–Crippen MR) is 127 cm³/mol. The lowest BCUT2D eigenvalue weighted by Crippen LogP contribution is -2.63.